The van der Waals surface area contributed by atoms with Crippen molar-refractivity contribution in [1.29, 1.82) is 0 Å². The highest BCUT2D eigenvalue weighted by atomic mass is 19.1. The molecule has 0 radical (unpaired) electrons. The van der Waals surface area contributed by atoms with Crippen LogP contribution in [0.3, 0.4) is 0 Å². The number of benzene rings is 1. The first-order chi connectivity index (χ1) is 19.5. The average Bonchev–Trinajstić information content (AvgIpc) is 3.63. The van der Waals surface area contributed by atoms with Crippen LogP contribution in [0.1, 0.15) is 27.1 Å². The van der Waals surface area contributed by atoms with Gasteiger partial charge >= 0.3 is 0 Å². The molecule has 0 spiro atoms. The summed E-state index contributed by atoms with van der Waals surface area (Å²) in [5.41, 5.74) is 6.58. The van der Waals surface area contributed by atoms with E-state index < -0.39 is 0 Å². The molecule has 2 N–H and O–H groups in total. The number of hydrogen-bond acceptors (Lipinski definition) is 10. The third-order valence-corrected chi connectivity index (χ3v) is 6.34. The number of amides is 1. The number of para-hydroxylation sites is 1. The summed E-state index contributed by atoms with van der Waals surface area (Å²) in [6.07, 6.45) is 9.72. The Labute approximate surface area is 233 Å². The molecule has 0 saturated carbocycles. The molecule has 13 heteroatoms. The fraction of sp³-hybridized carbons (Fsp3) is 0.370. The van der Waals surface area contributed by atoms with Crippen LogP contribution in [0.5, 0.6) is 11.5 Å². The molecule has 1 amide bonds. The standard InChI is InChI=1S/C14H14N4O3.C9H12FN3.C4H7NO.H2/c1-19-9-5-3-6-10(20-2)12(9)18-13(16-17-14(18)15)11-7-4-8-21-11;10-8-6-11-9(12-7-8)13-4-2-1-3-5-13;6-4-5-2-1-3-5;/h3-8H,1-2H3,(H2,15,17);6-7H,1-5H2;4H,1-3H2;1H. The highest BCUT2D eigenvalue weighted by Crippen LogP contribution is 2.36. The number of likely N-dealkylation sites (tertiary alicyclic amines) is 1. The van der Waals surface area contributed by atoms with E-state index >= 15 is 0 Å². The number of rotatable bonds is 6. The van der Waals surface area contributed by atoms with E-state index in [-0.39, 0.29) is 13.2 Å². The van der Waals surface area contributed by atoms with Gasteiger partial charge in [0, 0.05) is 27.6 Å². The number of nitrogens with two attached hydrogens (primary N) is 1. The summed E-state index contributed by atoms with van der Waals surface area (Å²) < 4.78 is 30.3. The van der Waals surface area contributed by atoms with Gasteiger partial charge < -0.3 is 29.4 Å². The van der Waals surface area contributed by atoms with Crippen molar-refractivity contribution in [3.8, 4) is 28.8 Å². The summed E-state index contributed by atoms with van der Waals surface area (Å²) >= 11 is 0. The Bertz CT molecular complexity index is 1320. The fourth-order valence-corrected chi connectivity index (χ4v) is 4.14. The number of hydrogen-bond donors (Lipinski definition) is 1. The Morgan fingerprint density at radius 1 is 0.950 bits per heavy atom. The summed E-state index contributed by atoms with van der Waals surface area (Å²) in [5.74, 6) is 2.70. The maximum absolute atomic E-state index is 12.5. The number of furan rings is 1. The maximum Gasteiger partial charge on any atom is 0.227 e. The predicted octanol–water partition coefficient (Wildman–Crippen LogP) is 3.83. The molecule has 12 nitrogen and oxygen atoms in total. The number of anilines is 2. The van der Waals surface area contributed by atoms with Gasteiger partial charge in [0.25, 0.3) is 0 Å². The van der Waals surface area contributed by atoms with E-state index in [0.29, 0.717) is 34.7 Å². The summed E-state index contributed by atoms with van der Waals surface area (Å²) in [6, 6.07) is 8.99. The van der Waals surface area contributed by atoms with Gasteiger partial charge in [-0.25, -0.2) is 14.4 Å². The lowest BCUT2D eigenvalue weighted by atomic mass is 10.1. The molecule has 40 heavy (non-hydrogen) atoms. The Morgan fingerprint density at radius 2 is 1.62 bits per heavy atom. The number of nitrogen functional groups attached to an aromatic ring is 1. The minimum atomic E-state index is -0.374. The summed E-state index contributed by atoms with van der Waals surface area (Å²) in [5, 5.41) is 7.99. The van der Waals surface area contributed by atoms with Crippen molar-refractivity contribution in [2.75, 3.05) is 51.0 Å². The molecule has 4 aromatic rings. The van der Waals surface area contributed by atoms with Crippen molar-refractivity contribution in [2.24, 2.45) is 0 Å². The van der Waals surface area contributed by atoms with Crippen LogP contribution in [0, 0.1) is 5.82 Å². The molecular weight excluding hydrogens is 519 g/mol. The summed E-state index contributed by atoms with van der Waals surface area (Å²) in [4.78, 5) is 21.4. The van der Waals surface area contributed by atoms with Gasteiger partial charge in [0.2, 0.25) is 24.1 Å². The smallest absolute Gasteiger partial charge is 0.227 e. The molecule has 214 valence electrons. The van der Waals surface area contributed by atoms with Gasteiger partial charge in [0.1, 0.15) is 17.2 Å². The Kier molecular flexibility index (Phi) is 9.86. The number of halogens is 1. The van der Waals surface area contributed by atoms with Gasteiger partial charge in [-0.2, -0.15) is 0 Å². The van der Waals surface area contributed by atoms with Crippen LogP contribution in [-0.2, 0) is 4.79 Å². The van der Waals surface area contributed by atoms with Gasteiger partial charge in [-0.1, -0.05) is 6.07 Å². The van der Waals surface area contributed by atoms with Crippen molar-refractivity contribution >= 4 is 18.3 Å². The number of nitrogens with zero attached hydrogens (tertiary/aromatic N) is 7. The molecule has 2 aliphatic rings. The third kappa shape index (κ3) is 6.84. The molecule has 6 rings (SSSR count). The molecule has 2 fully saturated rings. The summed E-state index contributed by atoms with van der Waals surface area (Å²) in [6.45, 7) is 3.93. The highest BCUT2D eigenvalue weighted by molar-refractivity contribution is 5.65. The molecule has 0 atom stereocenters. The molecule has 0 aliphatic carbocycles. The lowest BCUT2D eigenvalue weighted by Crippen LogP contribution is -2.35. The third-order valence-electron chi connectivity index (χ3n) is 6.34. The van der Waals surface area contributed by atoms with Crippen LogP contribution < -0.4 is 20.1 Å². The van der Waals surface area contributed by atoms with Crippen LogP contribution in [0.2, 0.25) is 0 Å². The topological polar surface area (TPSA) is 138 Å². The lowest BCUT2D eigenvalue weighted by Gasteiger charge is -2.26. The SMILES string of the molecule is COc1cccc(OC)c1-n1c(N)nnc1-c1ccco1.Fc1cnc(N2CCCCC2)nc1.O=CN1CCC1.[HH]. The van der Waals surface area contributed by atoms with Gasteiger partial charge in [-0.05, 0) is 49.9 Å². The second-order valence-corrected chi connectivity index (χ2v) is 8.95. The normalized spacial score (nSPS) is 14.2. The molecule has 5 heterocycles. The van der Waals surface area contributed by atoms with Crippen LogP contribution >= 0.6 is 0 Å². The largest absolute Gasteiger partial charge is 0.494 e. The van der Waals surface area contributed by atoms with Crippen LogP contribution in [0.15, 0.2) is 53.4 Å². The highest BCUT2D eigenvalue weighted by Gasteiger charge is 2.22. The number of carbonyl (C=O) groups is 1. The van der Waals surface area contributed by atoms with E-state index in [4.69, 9.17) is 19.6 Å². The number of aromatic nitrogens is 5. The molecule has 2 saturated heterocycles. The van der Waals surface area contributed by atoms with E-state index in [1.807, 2.05) is 18.2 Å². The number of methoxy groups -OCH3 is 2. The van der Waals surface area contributed by atoms with Crippen molar-refractivity contribution in [2.45, 2.75) is 25.7 Å². The minimum absolute atomic E-state index is 0. The van der Waals surface area contributed by atoms with Crippen molar-refractivity contribution in [3.63, 3.8) is 0 Å². The quantitative estimate of drug-likeness (QED) is 0.350. The molecule has 1 aromatic carbocycles. The first kappa shape index (κ1) is 28.3. The monoisotopic (exact) mass is 554 g/mol. The first-order valence-electron chi connectivity index (χ1n) is 12.9. The summed E-state index contributed by atoms with van der Waals surface area (Å²) in [7, 11) is 3.15. The Morgan fingerprint density at radius 3 is 2.12 bits per heavy atom. The van der Waals surface area contributed by atoms with Crippen LogP contribution in [0.25, 0.3) is 17.3 Å². The fourth-order valence-electron chi connectivity index (χ4n) is 4.14. The van der Waals surface area contributed by atoms with Gasteiger partial charge in [0.15, 0.2) is 11.6 Å². The van der Waals surface area contributed by atoms with Gasteiger partial charge in [0.05, 0.1) is 32.9 Å². The minimum Gasteiger partial charge on any atom is -0.494 e. The number of carbonyl (C=O) groups excluding carboxylic acids is 1. The zero-order valence-corrected chi connectivity index (χ0v) is 22.6. The zero-order valence-electron chi connectivity index (χ0n) is 22.6. The number of ether oxygens (including phenoxy) is 2. The van der Waals surface area contributed by atoms with E-state index in [1.165, 1.54) is 38.1 Å². The molecule has 3 aromatic heterocycles. The zero-order chi connectivity index (χ0) is 28.3. The maximum atomic E-state index is 12.5. The van der Waals surface area contributed by atoms with E-state index in [9.17, 15) is 9.18 Å². The second kappa shape index (κ2) is 13.9. The second-order valence-electron chi connectivity index (χ2n) is 8.95. The van der Waals surface area contributed by atoms with Crippen molar-refractivity contribution in [3.05, 3.63) is 54.8 Å². The van der Waals surface area contributed by atoms with E-state index in [2.05, 4.69) is 25.1 Å². The van der Waals surface area contributed by atoms with Gasteiger partial charge in [-0.15, -0.1) is 10.2 Å². The lowest BCUT2D eigenvalue weighted by molar-refractivity contribution is -0.121. The van der Waals surface area contributed by atoms with Crippen molar-refractivity contribution < 1.29 is 24.5 Å². The van der Waals surface area contributed by atoms with Gasteiger partial charge in [-0.3, -0.25) is 9.36 Å². The number of piperidine rings is 1. The molecular formula is C27H35FN8O4. The molecule has 0 unspecified atom stereocenters. The van der Waals surface area contributed by atoms with E-state index in [0.717, 1.165) is 32.6 Å². The molecule has 2 aliphatic heterocycles. The Balaban J connectivity index is 0.000000196. The van der Waals surface area contributed by atoms with E-state index in [1.54, 1.807) is 42.1 Å². The van der Waals surface area contributed by atoms with Crippen LogP contribution in [-0.4, -0.2) is 76.4 Å². The molecule has 0 bridgehead atoms. The predicted molar refractivity (Wildman–Crippen MR) is 149 cm³/mol. The average molecular weight is 555 g/mol. The first-order valence-corrected chi connectivity index (χ1v) is 12.9. The van der Waals surface area contributed by atoms with Crippen molar-refractivity contribution in [1.82, 2.24) is 29.6 Å². The Hall–Kier alpha value is -4.68. The van der Waals surface area contributed by atoms with Crippen LogP contribution in [0.4, 0.5) is 16.3 Å².